The highest BCUT2D eigenvalue weighted by atomic mass is 35.5. The van der Waals surface area contributed by atoms with Gasteiger partial charge in [0.05, 0.1) is 0 Å². The van der Waals surface area contributed by atoms with Crippen molar-refractivity contribution in [2.75, 3.05) is 25.9 Å². The Morgan fingerprint density at radius 1 is 1.47 bits per heavy atom. The lowest BCUT2D eigenvalue weighted by atomic mass is 10.3. The number of likely N-dealkylation sites (N-methyl/N-ethyl adjacent to an activating group) is 1. The summed E-state index contributed by atoms with van der Waals surface area (Å²) in [6.45, 7) is 2.05. The molecule has 2 N–H and O–H groups in total. The average molecular weight is 227 g/mol. The molecule has 0 aliphatic carbocycles. The molecule has 1 aliphatic heterocycles. The summed E-state index contributed by atoms with van der Waals surface area (Å²) in [5, 5.41) is 0.622. The quantitative estimate of drug-likeness (QED) is 0.784. The van der Waals surface area contributed by atoms with E-state index in [1.54, 1.807) is 12.1 Å². The smallest absolute Gasteiger partial charge is 0.123 e. The number of nitrogens with two attached hydrogens (primary N) is 1. The van der Waals surface area contributed by atoms with Crippen LogP contribution in [-0.2, 0) is 0 Å². The number of nitrogens with zero attached hydrogens (tertiary/aromatic N) is 1. The number of nitrogen functional groups attached to an aromatic ring is 1. The summed E-state index contributed by atoms with van der Waals surface area (Å²) in [6.07, 6.45) is 1.32. The summed E-state index contributed by atoms with van der Waals surface area (Å²) in [5.74, 6) is 0.764. The third-order valence-corrected chi connectivity index (χ3v) is 2.76. The highest BCUT2D eigenvalue weighted by Crippen LogP contribution is 2.24. The van der Waals surface area contributed by atoms with Crippen LogP contribution in [0, 0.1) is 0 Å². The zero-order valence-electron chi connectivity index (χ0n) is 8.74. The molecule has 1 unspecified atom stereocenters. The van der Waals surface area contributed by atoms with E-state index in [2.05, 4.69) is 11.9 Å². The number of hydrogen-bond acceptors (Lipinski definition) is 3. The molecular weight excluding hydrogens is 212 g/mol. The molecule has 4 heteroatoms. The molecule has 0 aromatic heterocycles. The van der Waals surface area contributed by atoms with Gasteiger partial charge in [-0.1, -0.05) is 11.6 Å². The summed E-state index contributed by atoms with van der Waals surface area (Å²) in [4.78, 5) is 2.25. The SMILES string of the molecule is CN1CCC(Oc2cc(N)cc(Cl)c2)C1. The van der Waals surface area contributed by atoms with Crippen molar-refractivity contribution in [3.8, 4) is 5.75 Å². The zero-order chi connectivity index (χ0) is 10.8. The van der Waals surface area contributed by atoms with E-state index in [1.807, 2.05) is 6.07 Å². The van der Waals surface area contributed by atoms with E-state index in [9.17, 15) is 0 Å². The van der Waals surface area contributed by atoms with Gasteiger partial charge in [-0.3, -0.25) is 0 Å². The third kappa shape index (κ3) is 2.76. The van der Waals surface area contributed by atoms with Crippen molar-refractivity contribution in [2.45, 2.75) is 12.5 Å². The van der Waals surface area contributed by atoms with Crippen molar-refractivity contribution < 1.29 is 4.74 Å². The third-order valence-electron chi connectivity index (χ3n) is 2.54. The van der Waals surface area contributed by atoms with E-state index >= 15 is 0 Å². The fourth-order valence-corrected chi connectivity index (χ4v) is 2.07. The molecule has 1 saturated heterocycles. The number of rotatable bonds is 2. The Balaban J connectivity index is 2.04. The summed E-state index contributed by atoms with van der Waals surface area (Å²) >= 11 is 5.89. The van der Waals surface area contributed by atoms with Crippen LogP contribution in [0.4, 0.5) is 5.69 Å². The molecule has 3 nitrogen and oxygen atoms in total. The molecule has 1 aromatic rings. The van der Waals surface area contributed by atoms with Crippen LogP contribution >= 0.6 is 11.6 Å². The van der Waals surface area contributed by atoms with E-state index in [0.717, 1.165) is 25.3 Å². The summed E-state index contributed by atoms with van der Waals surface area (Å²) in [7, 11) is 2.09. The highest BCUT2D eigenvalue weighted by Gasteiger charge is 2.20. The largest absolute Gasteiger partial charge is 0.489 e. The van der Waals surface area contributed by atoms with Gasteiger partial charge in [0.25, 0.3) is 0 Å². The second-order valence-electron chi connectivity index (χ2n) is 4.01. The average Bonchev–Trinajstić information content (AvgIpc) is 2.49. The molecular formula is C11H15ClN2O. The number of anilines is 1. The first kappa shape index (κ1) is 10.6. The van der Waals surface area contributed by atoms with Crippen LogP contribution in [0.15, 0.2) is 18.2 Å². The molecule has 1 aromatic carbocycles. The van der Waals surface area contributed by atoms with Crippen molar-refractivity contribution >= 4 is 17.3 Å². The van der Waals surface area contributed by atoms with Gasteiger partial charge in [0.1, 0.15) is 11.9 Å². The summed E-state index contributed by atoms with van der Waals surface area (Å²) in [5.41, 5.74) is 6.33. The second kappa shape index (κ2) is 4.29. The lowest BCUT2D eigenvalue weighted by Crippen LogP contribution is -2.21. The Morgan fingerprint density at radius 3 is 2.87 bits per heavy atom. The van der Waals surface area contributed by atoms with Gasteiger partial charge < -0.3 is 15.4 Å². The minimum Gasteiger partial charge on any atom is -0.489 e. The monoisotopic (exact) mass is 226 g/mol. The van der Waals surface area contributed by atoms with Gasteiger partial charge in [0, 0.05) is 29.9 Å². The van der Waals surface area contributed by atoms with Crippen molar-refractivity contribution in [1.82, 2.24) is 4.90 Å². The number of hydrogen-bond donors (Lipinski definition) is 1. The Hall–Kier alpha value is -0.930. The van der Waals surface area contributed by atoms with E-state index in [1.165, 1.54) is 0 Å². The molecule has 1 heterocycles. The Kier molecular flexibility index (Phi) is 3.03. The maximum absolute atomic E-state index is 5.89. The first-order valence-corrected chi connectivity index (χ1v) is 5.42. The molecule has 2 rings (SSSR count). The van der Waals surface area contributed by atoms with Gasteiger partial charge in [-0.2, -0.15) is 0 Å². The van der Waals surface area contributed by atoms with Crippen LogP contribution in [0.25, 0.3) is 0 Å². The second-order valence-corrected chi connectivity index (χ2v) is 4.45. The summed E-state index contributed by atoms with van der Waals surface area (Å²) in [6, 6.07) is 5.33. The molecule has 15 heavy (non-hydrogen) atoms. The number of ether oxygens (including phenoxy) is 1. The van der Waals surface area contributed by atoms with Crippen molar-refractivity contribution in [3.63, 3.8) is 0 Å². The van der Waals surface area contributed by atoms with Gasteiger partial charge in [-0.05, 0) is 25.6 Å². The van der Waals surface area contributed by atoms with Crippen LogP contribution in [-0.4, -0.2) is 31.1 Å². The molecule has 0 saturated carbocycles. The van der Waals surface area contributed by atoms with Gasteiger partial charge in [0.15, 0.2) is 0 Å². The van der Waals surface area contributed by atoms with Gasteiger partial charge in [-0.25, -0.2) is 0 Å². The highest BCUT2D eigenvalue weighted by molar-refractivity contribution is 6.31. The van der Waals surface area contributed by atoms with E-state index in [0.29, 0.717) is 10.7 Å². The number of likely N-dealkylation sites (tertiary alicyclic amines) is 1. The molecule has 1 atom stereocenters. The van der Waals surface area contributed by atoms with E-state index in [-0.39, 0.29) is 6.10 Å². The minimum absolute atomic E-state index is 0.257. The Bertz CT molecular complexity index is 336. The standard InChI is InChI=1S/C11H15ClN2O/c1-14-3-2-10(7-14)15-11-5-8(12)4-9(13)6-11/h4-6,10H,2-3,7,13H2,1H3. The topological polar surface area (TPSA) is 38.5 Å². The van der Waals surface area contributed by atoms with E-state index in [4.69, 9.17) is 22.1 Å². The van der Waals surface area contributed by atoms with Crippen LogP contribution < -0.4 is 10.5 Å². The molecule has 0 radical (unpaired) electrons. The normalized spacial score (nSPS) is 21.9. The van der Waals surface area contributed by atoms with Crippen molar-refractivity contribution in [1.29, 1.82) is 0 Å². The number of benzene rings is 1. The van der Waals surface area contributed by atoms with Crippen LogP contribution in [0.3, 0.4) is 0 Å². The van der Waals surface area contributed by atoms with Crippen LogP contribution in [0.1, 0.15) is 6.42 Å². The fourth-order valence-electron chi connectivity index (χ4n) is 1.84. The van der Waals surface area contributed by atoms with Gasteiger partial charge in [-0.15, -0.1) is 0 Å². The molecule has 1 fully saturated rings. The van der Waals surface area contributed by atoms with Gasteiger partial charge in [0.2, 0.25) is 0 Å². The molecule has 82 valence electrons. The van der Waals surface area contributed by atoms with Crippen molar-refractivity contribution in [2.24, 2.45) is 0 Å². The predicted molar refractivity (Wildman–Crippen MR) is 62.4 cm³/mol. The lowest BCUT2D eigenvalue weighted by Gasteiger charge is -2.14. The van der Waals surface area contributed by atoms with Crippen LogP contribution in [0.2, 0.25) is 5.02 Å². The number of halogens is 1. The Labute approximate surface area is 94.8 Å². The first-order chi connectivity index (χ1) is 7.13. The lowest BCUT2D eigenvalue weighted by molar-refractivity contribution is 0.208. The van der Waals surface area contributed by atoms with Gasteiger partial charge >= 0.3 is 0 Å². The molecule has 1 aliphatic rings. The maximum atomic E-state index is 5.89. The summed E-state index contributed by atoms with van der Waals surface area (Å²) < 4.78 is 5.80. The van der Waals surface area contributed by atoms with E-state index < -0.39 is 0 Å². The van der Waals surface area contributed by atoms with Crippen molar-refractivity contribution in [3.05, 3.63) is 23.2 Å². The maximum Gasteiger partial charge on any atom is 0.123 e. The fraction of sp³-hybridized carbons (Fsp3) is 0.455. The first-order valence-electron chi connectivity index (χ1n) is 5.05. The predicted octanol–water partition coefficient (Wildman–Crippen LogP) is 2.01. The Morgan fingerprint density at radius 2 is 2.27 bits per heavy atom. The molecule has 0 spiro atoms. The zero-order valence-corrected chi connectivity index (χ0v) is 9.50. The van der Waals surface area contributed by atoms with Crippen LogP contribution in [0.5, 0.6) is 5.75 Å². The molecule has 0 bridgehead atoms. The minimum atomic E-state index is 0.257. The molecule has 0 amide bonds.